The van der Waals surface area contributed by atoms with E-state index in [2.05, 4.69) is 10.9 Å². The highest BCUT2D eigenvalue weighted by Crippen LogP contribution is 2.20. The number of nitrogens with zero attached hydrogens (tertiary/aromatic N) is 2. The number of rotatable bonds is 6. The standard InChI is InChI=1S/C15H16N2O3S/c1-3-10-17(21(18,19)4-2)12-15-16-11-14(20-15)13-8-6-5-7-9-13/h1,5-9,11H,4,10,12H2,2H3. The number of terminal acetylenes is 1. The topological polar surface area (TPSA) is 63.4 Å². The van der Waals surface area contributed by atoms with Gasteiger partial charge in [0.1, 0.15) is 0 Å². The van der Waals surface area contributed by atoms with Gasteiger partial charge in [-0.3, -0.25) is 0 Å². The van der Waals surface area contributed by atoms with Crippen molar-refractivity contribution in [2.45, 2.75) is 13.5 Å². The predicted molar refractivity (Wildman–Crippen MR) is 80.6 cm³/mol. The molecule has 2 rings (SSSR count). The Kier molecular flexibility index (Phi) is 4.78. The minimum atomic E-state index is -3.39. The van der Waals surface area contributed by atoms with Crippen molar-refractivity contribution >= 4 is 10.0 Å². The molecule has 1 heterocycles. The lowest BCUT2D eigenvalue weighted by Crippen LogP contribution is -2.32. The summed E-state index contributed by atoms with van der Waals surface area (Å²) in [6.07, 6.45) is 6.80. The van der Waals surface area contributed by atoms with Crippen molar-refractivity contribution in [2.24, 2.45) is 0 Å². The Morgan fingerprint density at radius 1 is 1.33 bits per heavy atom. The molecule has 5 nitrogen and oxygen atoms in total. The zero-order valence-corrected chi connectivity index (χ0v) is 12.5. The highest BCUT2D eigenvalue weighted by molar-refractivity contribution is 7.89. The zero-order chi connectivity index (χ0) is 15.3. The lowest BCUT2D eigenvalue weighted by molar-refractivity contribution is 0.383. The fraction of sp³-hybridized carbons (Fsp3) is 0.267. The molecule has 0 aliphatic rings. The van der Waals surface area contributed by atoms with E-state index in [1.54, 1.807) is 13.1 Å². The Balaban J connectivity index is 2.20. The van der Waals surface area contributed by atoms with Crippen LogP contribution in [0.15, 0.2) is 40.9 Å². The predicted octanol–water partition coefficient (Wildman–Crippen LogP) is 2.13. The molecule has 0 unspecified atom stereocenters. The number of aromatic nitrogens is 1. The van der Waals surface area contributed by atoms with Crippen molar-refractivity contribution in [3.05, 3.63) is 42.4 Å². The Labute approximate surface area is 124 Å². The van der Waals surface area contributed by atoms with E-state index in [1.807, 2.05) is 30.3 Å². The SMILES string of the molecule is C#CCN(Cc1ncc(-c2ccccc2)o1)S(=O)(=O)CC. The maximum Gasteiger partial charge on any atom is 0.215 e. The van der Waals surface area contributed by atoms with E-state index in [0.717, 1.165) is 5.56 Å². The molecule has 110 valence electrons. The molecule has 6 heteroatoms. The van der Waals surface area contributed by atoms with Crippen molar-refractivity contribution in [3.8, 4) is 23.7 Å². The minimum Gasteiger partial charge on any atom is -0.439 e. The zero-order valence-electron chi connectivity index (χ0n) is 11.7. The number of hydrogen-bond donors (Lipinski definition) is 0. The molecular weight excluding hydrogens is 288 g/mol. The monoisotopic (exact) mass is 304 g/mol. The molecule has 0 radical (unpaired) electrons. The highest BCUT2D eigenvalue weighted by Gasteiger charge is 2.21. The van der Waals surface area contributed by atoms with Gasteiger partial charge in [0.05, 0.1) is 25.0 Å². The van der Waals surface area contributed by atoms with Crippen LogP contribution in [0.25, 0.3) is 11.3 Å². The van der Waals surface area contributed by atoms with Crippen molar-refractivity contribution < 1.29 is 12.8 Å². The Bertz CT molecular complexity index is 730. The summed E-state index contributed by atoms with van der Waals surface area (Å²) < 4.78 is 30.7. The normalized spacial score (nSPS) is 11.5. The molecule has 21 heavy (non-hydrogen) atoms. The van der Waals surface area contributed by atoms with Gasteiger partial charge in [-0.2, -0.15) is 4.31 Å². The summed E-state index contributed by atoms with van der Waals surface area (Å²) in [6.45, 7) is 1.61. The summed E-state index contributed by atoms with van der Waals surface area (Å²) in [7, 11) is -3.39. The first-order chi connectivity index (χ1) is 10.1. The fourth-order valence-electron chi connectivity index (χ4n) is 1.81. The summed E-state index contributed by atoms with van der Waals surface area (Å²) in [6, 6.07) is 9.48. The molecule has 2 aromatic rings. The molecule has 0 fully saturated rings. The van der Waals surface area contributed by atoms with Gasteiger partial charge in [-0.25, -0.2) is 13.4 Å². The van der Waals surface area contributed by atoms with Gasteiger partial charge in [0.2, 0.25) is 15.9 Å². The Morgan fingerprint density at radius 3 is 2.67 bits per heavy atom. The quantitative estimate of drug-likeness (QED) is 0.767. The van der Waals surface area contributed by atoms with E-state index >= 15 is 0 Å². The van der Waals surface area contributed by atoms with Gasteiger partial charge >= 0.3 is 0 Å². The van der Waals surface area contributed by atoms with E-state index in [-0.39, 0.29) is 18.8 Å². The maximum atomic E-state index is 11.9. The van der Waals surface area contributed by atoms with E-state index in [9.17, 15) is 8.42 Å². The van der Waals surface area contributed by atoms with Crippen molar-refractivity contribution in [2.75, 3.05) is 12.3 Å². The summed E-state index contributed by atoms with van der Waals surface area (Å²) in [4.78, 5) is 4.12. The van der Waals surface area contributed by atoms with Gasteiger partial charge in [-0.1, -0.05) is 36.3 Å². The van der Waals surface area contributed by atoms with Gasteiger partial charge in [-0.15, -0.1) is 6.42 Å². The van der Waals surface area contributed by atoms with E-state index in [0.29, 0.717) is 11.7 Å². The molecule has 0 saturated heterocycles. The van der Waals surface area contributed by atoms with Crippen LogP contribution in [0.4, 0.5) is 0 Å². The van der Waals surface area contributed by atoms with Crippen LogP contribution in [0, 0.1) is 12.3 Å². The summed E-state index contributed by atoms with van der Waals surface area (Å²) in [5, 5.41) is 0. The second-order valence-corrected chi connectivity index (χ2v) is 6.61. The van der Waals surface area contributed by atoms with Gasteiger partial charge in [-0.05, 0) is 6.92 Å². The van der Waals surface area contributed by atoms with Crippen LogP contribution in [0.1, 0.15) is 12.8 Å². The molecule has 0 amide bonds. The third kappa shape index (κ3) is 3.72. The second kappa shape index (κ2) is 6.57. The molecular formula is C15H16N2O3S. The van der Waals surface area contributed by atoms with Crippen LogP contribution in [-0.2, 0) is 16.6 Å². The highest BCUT2D eigenvalue weighted by atomic mass is 32.2. The lowest BCUT2D eigenvalue weighted by Gasteiger charge is -2.16. The fourth-order valence-corrected chi connectivity index (χ4v) is 2.75. The van der Waals surface area contributed by atoms with Crippen LogP contribution in [0.2, 0.25) is 0 Å². The molecule has 1 aromatic heterocycles. The van der Waals surface area contributed by atoms with Crippen LogP contribution in [0.3, 0.4) is 0 Å². The van der Waals surface area contributed by atoms with Gasteiger partial charge in [0, 0.05) is 5.56 Å². The van der Waals surface area contributed by atoms with E-state index in [4.69, 9.17) is 10.8 Å². The van der Waals surface area contributed by atoms with Gasteiger partial charge in [0.25, 0.3) is 0 Å². The van der Waals surface area contributed by atoms with Crippen molar-refractivity contribution in [3.63, 3.8) is 0 Å². The number of oxazole rings is 1. The third-order valence-corrected chi connectivity index (χ3v) is 4.72. The second-order valence-electron chi connectivity index (χ2n) is 4.36. The molecule has 0 aliphatic heterocycles. The molecule has 0 atom stereocenters. The lowest BCUT2D eigenvalue weighted by atomic mass is 10.2. The third-order valence-electron chi connectivity index (χ3n) is 2.95. The van der Waals surface area contributed by atoms with Gasteiger partial charge < -0.3 is 4.42 Å². The molecule has 0 saturated carbocycles. The van der Waals surface area contributed by atoms with Crippen molar-refractivity contribution in [1.29, 1.82) is 0 Å². The largest absolute Gasteiger partial charge is 0.439 e. The van der Waals surface area contributed by atoms with Crippen LogP contribution < -0.4 is 0 Å². The average Bonchev–Trinajstić information content (AvgIpc) is 2.96. The van der Waals surface area contributed by atoms with Crippen LogP contribution >= 0.6 is 0 Å². The van der Waals surface area contributed by atoms with E-state index < -0.39 is 10.0 Å². The first kappa shape index (κ1) is 15.3. The molecule has 0 aliphatic carbocycles. The van der Waals surface area contributed by atoms with Gasteiger partial charge in [0.15, 0.2) is 5.76 Å². The first-order valence-corrected chi connectivity index (χ1v) is 8.09. The summed E-state index contributed by atoms with van der Waals surface area (Å²) >= 11 is 0. The smallest absolute Gasteiger partial charge is 0.215 e. The van der Waals surface area contributed by atoms with Crippen LogP contribution in [0.5, 0.6) is 0 Å². The minimum absolute atomic E-state index is 0.000770. The number of hydrogen-bond acceptors (Lipinski definition) is 4. The first-order valence-electron chi connectivity index (χ1n) is 6.48. The average molecular weight is 304 g/mol. The Hall–Kier alpha value is -2.10. The maximum absolute atomic E-state index is 11.9. The van der Waals surface area contributed by atoms with Crippen LogP contribution in [-0.4, -0.2) is 30.0 Å². The number of sulfonamides is 1. The summed E-state index contributed by atoms with van der Waals surface area (Å²) in [5.41, 5.74) is 0.887. The molecule has 1 aromatic carbocycles. The molecule has 0 spiro atoms. The Morgan fingerprint density at radius 2 is 2.05 bits per heavy atom. The van der Waals surface area contributed by atoms with E-state index in [1.165, 1.54) is 4.31 Å². The molecule has 0 N–H and O–H groups in total. The van der Waals surface area contributed by atoms with Crippen molar-refractivity contribution in [1.82, 2.24) is 9.29 Å². The molecule has 0 bridgehead atoms. The number of benzene rings is 1. The summed E-state index contributed by atoms with van der Waals surface area (Å²) in [5.74, 6) is 3.25.